The minimum absolute atomic E-state index is 0.197. The number of unbranched alkanes of at least 4 members (excludes halogenated alkanes) is 4. The van der Waals surface area contributed by atoms with Crippen molar-refractivity contribution in [3.8, 4) is 0 Å². The van der Waals surface area contributed by atoms with Gasteiger partial charge in [-0.15, -0.1) is 6.58 Å². The summed E-state index contributed by atoms with van der Waals surface area (Å²) in [4.78, 5) is 22.1. The molecule has 0 aliphatic carbocycles. The summed E-state index contributed by atoms with van der Waals surface area (Å²) in [5.41, 5.74) is 0. The molecule has 0 heterocycles. The number of hydrogen-bond donors (Lipinski definition) is 1. The van der Waals surface area contributed by atoms with Crippen molar-refractivity contribution in [3.63, 3.8) is 0 Å². The summed E-state index contributed by atoms with van der Waals surface area (Å²) in [7, 11) is 0. The number of carbonyl (C=O) groups is 2. The van der Waals surface area contributed by atoms with Gasteiger partial charge >= 0.3 is 11.9 Å². The molecule has 1 atom stereocenters. The van der Waals surface area contributed by atoms with Crippen LogP contribution in [0.3, 0.4) is 0 Å². The van der Waals surface area contributed by atoms with Gasteiger partial charge in [0.25, 0.3) is 0 Å². The number of carboxylic acids is 1. The van der Waals surface area contributed by atoms with Crippen LogP contribution in [0.4, 0.5) is 0 Å². The summed E-state index contributed by atoms with van der Waals surface area (Å²) >= 11 is 0. The molecule has 5 heteroatoms. The molecular formula is C22H32O5. The van der Waals surface area contributed by atoms with E-state index in [-0.39, 0.29) is 6.61 Å². The Morgan fingerprint density at radius 3 is 2.52 bits per heavy atom. The van der Waals surface area contributed by atoms with Crippen LogP contribution in [0, 0.1) is 0 Å². The molecule has 0 rings (SSSR count). The second-order valence-corrected chi connectivity index (χ2v) is 5.83. The Hall–Kier alpha value is -2.40. The zero-order valence-corrected chi connectivity index (χ0v) is 16.2. The van der Waals surface area contributed by atoms with E-state index in [0.29, 0.717) is 6.61 Å². The maximum Gasteiger partial charge on any atom is 0.331 e. The topological polar surface area (TPSA) is 72.8 Å². The lowest BCUT2D eigenvalue weighted by molar-refractivity contribution is -0.143. The number of carbonyl (C=O) groups excluding carboxylic acids is 1. The summed E-state index contributed by atoms with van der Waals surface area (Å²) in [6, 6.07) is 0. The minimum Gasteiger partial charge on any atom is -0.478 e. The molecule has 0 saturated carbocycles. The second-order valence-electron chi connectivity index (χ2n) is 5.83. The molecule has 0 fully saturated rings. The molecule has 1 N–H and O–H groups in total. The third-order valence-corrected chi connectivity index (χ3v) is 3.37. The fourth-order valence-electron chi connectivity index (χ4n) is 1.96. The van der Waals surface area contributed by atoms with Crippen molar-refractivity contribution < 1.29 is 24.2 Å². The van der Waals surface area contributed by atoms with E-state index >= 15 is 0 Å². The van der Waals surface area contributed by atoms with Gasteiger partial charge in [-0.3, -0.25) is 0 Å². The Morgan fingerprint density at radius 1 is 1.04 bits per heavy atom. The number of aliphatic carboxylic acids is 1. The maximum absolute atomic E-state index is 11.7. The van der Waals surface area contributed by atoms with Crippen LogP contribution < -0.4 is 0 Å². The molecule has 0 aromatic heterocycles. The average molecular weight is 376 g/mol. The molecule has 0 aliphatic rings. The molecule has 0 amide bonds. The van der Waals surface area contributed by atoms with Gasteiger partial charge in [0, 0.05) is 12.2 Å². The predicted molar refractivity (Wildman–Crippen MR) is 108 cm³/mol. The van der Waals surface area contributed by atoms with Gasteiger partial charge in [-0.2, -0.15) is 0 Å². The summed E-state index contributed by atoms with van der Waals surface area (Å²) in [6.07, 6.45) is 20.7. The Bertz CT molecular complexity index is 529. The highest BCUT2D eigenvalue weighted by atomic mass is 16.6. The van der Waals surface area contributed by atoms with Crippen LogP contribution >= 0.6 is 0 Å². The van der Waals surface area contributed by atoms with Crippen LogP contribution in [-0.2, 0) is 19.1 Å². The Balaban J connectivity index is 4.43. The standard InChI is InChI=1S/C22H32O5/c1-3-5-7-9-11-13-15-20(27-22(25)17-16-21(23)24)19-26-18-14-12-10-8-6-4-2/h4,9,11-17,20H,2-3,5-8,10,18-19H2,1H3,(H,23,24)/b11-9?,14-12?,15-13?,17-16-. The number of rotatable bonds is 16. The fourth-order valence-corrected chi connectivity index (χ4v) is 1.96. The van der Waals surface area contributed by atoms with Crippen molar-refractivity contribution in [2.45, 2.75) is 51.6 Å². The predicted octanol–water partition coefficient (Wildman–Crippen LogP) is 4.77. The molecule has 0 aliphatic heterocycles. The molecule has 1 unspecified atom stereocenters. The van der Waals surface area contributed by atoms with Crippen molar-refractivity contribution in [3.05, 3.63) is 61.3 Å². The van der Waals surface area contributed by atoms with Gasteiger partial charge in [0.1, 0.15) is 6.10 Å². The maximum atomic E-state index is 11.7. The van der Waals surface area contributed by atoms with E-state index in [1.165, 1.54) is 0 Å². The van der Waals surface area contributed by atoms with E-state index in [1.54, 1.807) is 6.08 Å². The highest BCUT2D eigenvalue weighted by Crippen LogP contribution is 2.01. The lowest BCUT2D eigenvalue weighted by Gasteiger charge is -2.12. The molecule has 0 saturated heterocycles. The van der Waals surface area contributed by atoms with Crippen molar-refractivity contribution in [1.82, 2.24) is 0 Å². The molecule has 0 spiro atoms. The zero-order valence-electron chi connectivity index (χ0n) is 16.2. The first-order chi connectivity index (χ1) is 13.1. The first-order valence-electron chi connectivity index (χ1n) is 9.38. The van der Waals surface area contributed by atoms with Crippen LogP contribution in [0.5, 0.6) is 0 Å². The molecular weight excluding hydrogens is 344 g/mol. The number of allylic oxidation sites excluding steroid dienone is 5. The van der Waals surface area contributed by atoms with Crippen LogP contribution in [0.15, 0.2) is 61.3 Å². The number of carboxylic acid groups (broad SMARTS) is 1. The molecule has 5 nitrogen and oxygen atoms in total. The molecule has 0 radical (unpaired) electrons. The van der Waals surface area contributed by atoms with Crippen LogP contribution in [0.25, 0.3) is 0 Å². The quantitative estimate of drug-likeness (QED) is 0.138. The van der Waals surface area contributed by atoms with Crippen LogP contribution in [0.2, 0.25) is 0 Å². The van der Waals surface area contributed by atoms with Crippen molar-refractivity contribution >= 4 is 11.9 Å². The molecule has 27 heavy (non-hydrogen) atoms. The summed E-state index contributed by atoms with van der Waals surface area (Å²) in [5, 5.41) is 8.56. The van der Waals surface area contributed by atoms with Gasteiger partial charge in [-0.05, 0) is 31.8 Å². The Morgan fingerprint density at radius 2 is 1.81 bits per heavy atom. The van der Waals surface area contributed by atoms with Crippen LogP contribution in [-0.4, -0.2) is 36.4 Å². The van der Waals surface area contributed by atoms with Gasteiger partial charge in [-0.1, -0.05) is 56.2 Å². The van der Waals surface area contributed by atoms with E-state index in [2.05, 4.69) is 19.6 Å². The monoisotopic (exact) mass is 376 g/mol. The zero-order chi connectivity index (χ0) is 20.2. The Labute approximate surface area is 162 Å². The first-order valence-corrected chi connectivity index (χ1v) is 9.38. The largest absolute Gasteiger partial charge is 0.478 e. The average Bonchev–Trinajstić information content (AvgIpc) is 2.64. The lowest BCUT2D eigenvalue weighted by atomic mass is 10.2. The third-order valence-electron chi connectivity index (χ3n) is 3.37. The third kappa shape index (κ3) is 18.2. The van der Waals surface area contributed by atoms with Gasteiger partial charge in [-0.25, -0.2) is 9.59 Å². The van der Waals surface area contributed by atoms with Crippen molar-refractivity contribution in [1.29, 1.82) is 0 Å². The normalized spacial score (nSPS) is 13.1. The van der Waals surface area contributed by atoms with Gasteiger partial charge in [0.15, 0.2) is 0 Å². The highest BCUT2D eigenvalue weighted by molar-refractivity contribution is 5.90. The number of hydrogen-bond acceptors (Lipinski definition) is 4. The molecule has 150 valence electrons. The first kappa shape index (κ1) is 24.6. The highest BCUT2D eigenvalue weighted by Gasteiger charge is 2.09. The van der Waals surface area contributed by atoms with Gasteiger partial charge < -0.3 is 14.6 Å². The van der Waals surface area contributed by atoms with Crippen molar-refractivity contribution in [2.75, 3.05) is 13.2 Å². The molecule has 0 aromatic rings. The van der Waals surface area contributed by atoms with Crippen LogP contribution in [0.1, 0.15) is 45.4 Å². The van der Waals surface area contributed by atoms with Crippen molar-refractivity contribution in [2.24, 2.45) is 0 Å². The van der Waals surface area contributed by atoms with E-state index < -0.39 is 18.0 Å². The summed E-state index contributed by atoms with van der Waals surface area (Å²) in [5.74, 6) is -1.92. The smallest absolute Gasteiger partial charge is 0.331 e. The SMILES string of the molecule is C=CCCCC=CCOCC(C=CC=CCCCC)OC(=O)/C=C\C(=O)O. The second kappa shape index (κ2) is 18.4. The van der Waals surface area contributed by atoms with E-state index in [1.807, 2.05) is 30.4 Å². The summed E-state index contributed by atoms with van der Waals surface area (Å²) < 4.78 is 10.7. The van der Waals surface area contributed by atoms with Gasteiger partial charge in [0.05, 0.1) is 13.2 Å². The lowest BCUT2D eigenvalue weighted by Crippen LogP contribution is -2.20. The van der Waals surface area contributed by atoms with E-state index in [0.717, 1.165) is 50.7 Å². The Kier molecular flexibility index (Phi) is 16.8. The van der Waals surface area contributed by atoms with E-state index in [4.69, 9.17) is 14.6 Å². The number of ether oxygens (including phenoxy) is 2. The number of esters is 1. The minimum atomic E-state index is -1.20. The molecule has 0 aromatic carbocycles. The fraction of sp³-hybridized carbons (Fsp3) is 0.455. The van der Waals surface area contributed by atoms with Gasteiger partial charge in [0.2, 0.25) is 0 Å². The summed E-state index contributed by atoms with van der Waals surface area (Å²) in [6.45, 7) is 6.44. The molecule has 0 bridgehead atoms. The van der Waals surface area contributed by atoms with E-state index in [9.17, 15) is 9.59 Å².